The van der Waals surface area contributed by atoms with Gasteiger partial charge in [0.25, 0.3) is 0 Å². The van der Waals surface area contributed by atoms with Crippen molar-refractivity contribution in [3.63, 3.8) is 0 Å². The molecule has 0 unspecified atom stereocenters. The van der Waals surface area contributed by atoms with E-state index in [4.69, 9.17) is 0 Å². The number of amides is 2. The van der Waals surface area contributed by atoms with E-state index in [1.165, 1.54) is 6.08 Å². The minimum Gasteiger partial charge on any atom is -0.326 e. The Hall–Kier alpha value is -2.99. The second kappa shape index (κ2) is 7.56. The van der Waals surface area contributed by atoms with Crippen molar-refractivity contribution in [1.82, 2.24) is 9.88 Å². The Morgan fingerprint density at radius 2 is 1.89 bits per heavy atom. The topological polar surface area (TPSA) is 62.3 Å². The maximum Gasteiger partial charge on any atom is 0.247 e. The second-order valence-electron chi connectivity index (χ2n) is 6.67. The number of hydrogen-bond acceptors (Lipinski definition) is 3. The molecule has 2 atom stereocenters. The normalized spacial score (nSPS) is 18.4. The molecule has 0 spiro atoms. The highest BCUT2D eigenvalue weighted by Gasteiger charge is 2.46. The summed E-state index contributed by atoms with van der Waals surface area (Å²) in [5.41, 5.74) is 2.38. The van der Waals surface area contributed by atoms with Crippen LogP contribution in [-0.2, 0) is 9.59 Å². The fraction of sp³-hybridized carbons (Fsp3) is 0.136. The molecule has 1 aliphatic rings. The fourth-order valence-electron chi connectivity index (χ4n) is 3.58. The molecular formula is C22H18BrN3O2. The van der Waals surface area contributed by atoms with Crippen LogP contribution in [0.3, 0.4) is 0 Å². The van der Waals surface area contributed by atoms with Gasteiger partial charge in [-0.1, -0.05) is 52.8 Å². The first kappa shape index (κ1) is 18.4. The van der Waals surface area contributed by atoms with Crippen LogP contribution in [0.5, 0.6) is 0 Å². The molecule has 28 heavy (non-hydrogen) atoms. The SMILES string of the molecule is C=CC(=O)N1C[C@H](c2ccc(Br)cc2)[C@H]1C(=O)Nc1cccc2cccnc12. The van der Waals surface area contributed by atoms with E-state index in [0.717, 1.165) is 20.9 Å². The molecule has 1 fully saturated rings. The number of pyridine rings is 1. The lowest BCUT2D eigenvalue weighted by Gasteiger charge is -2.46. The van der Waals surface area contributed by atoms with E-state index in [1.54, 1.807) is 11.1 Å². The van der Waals surface area contributed by atoms with Gasteiger partial charge < -0.3 is 10.2 Å². The van der Waals surface area contributed by atoms with Gasteiger partial charge in [0.1, 0.15) is 6.04 Å². The highest BCUT2D eigenvalue weighted by Crippen LogP contribution is 2.36. The molecule has 140 valence electrons. The molecule has 2 aromatic carbocycles. The third kappa shape index (κ3) is 3.31. The standard InChI is InChI=1S/C22H18BrN3O2/c1-2-19(27)26-13-17(14-8-10-16(23)11-9-14)21(26)22(28)25-18-7-3-5-15-6-4-12-24-20(15)18/h2-12,17,21H,1,13H2,(H,25,28)/t17-,21+/m1/s1. The lowest BCUT2D eigenvalue weighted by Crippen LogP contribution is -2.61. The molecule has 6 heteroatoms. The molecule has 0 saturated carbocycles. The van der Waals surface area contributed by atoms with E-state index in [0.29, 0.717) is 12.2 Å². The third-order valence-electron chi connectivity index (χ3n) is 5.03. The number of nitrogens with zero attached hydrogens (tertiary/aromatic N) is 2. The van der Waals surface area contributed by atoms with E-state index in [-0.39, 0.29) is 17.7 Å². The van der Waals surface area contributed by atoms with Crippen molar-refractivity contribution in [2.45, 2.75) is 12.0 Å². The molecule has 1 aliphatic heterocycles. The largest absolute Gasteiger partial charge is 0.326 e. The van der Waals surface area contributed by atoms with Gasteiger partial charge in [-0.25, -0.2) is 0 Å². The lowest BCUT2D eigenvalue weighted by atomic mass is 9.81. The maximum atomic E-state index is 13.1. The van der Waals surface area contributed by atoms with Gasteiger partial charge in [0.2, 0.25) is 11.8 Å². The van der Waals surface area contributed by atoms with Crippen molar-refractivity contribution in [3.05, 3.63) is 83.5 Å². The molecule has 1 aromatic heterocycles. The average Bonchev–Trinajstić information content (AvgIpc) is 2.69. The van der Waals surface area contributed by atoms with Crippen LogP contribution in [0.4, 0.5) is 5.69 Å². The first-order chi connectivity index (χ1) is 13.6. The summed E-state index contributed by atoms with van der Waals surface area (Å²) in [7, 11) is 0. The van der Waals surface area contributed by atoms with Crippen LogP contribution in [0, 0.1) is 0 Å². The average molecular weight is 436 g/mol. The van der Waals surface area contributed by atoms with Crippen LogP contribution in [0.2, 0.25) is 0 Å². The Morgan fingerprint density at radius 3 is 2.64 bits per heavy atom. The Balaban J connectivity index is 1.64. The van der Waals surface area contributed by atoms with Gasteiger partial charge in [-0.3, -0.25) is 14.6 Å². The van der Waals surface area contributed by atoms with Crippen molar-refractivity contribution < 1.29 is 9.59 Å². The van der Waals surface area contributed by atoms with Crippen molar-refractivity contribution >= 4 is 44.3 Å². The molecule has 1 saturated heterocycles. The number of anilines is 1. The van der Waals surface area contributed by atoms with Gasteiger partial charge in [0.05, 0.1) is 11.2 Å². The van der Waals surface area contributed by atoms with Gasteiger partial charge in [-0.2, -0.15) is 0 Å². The zero-order valence-corrected chi connectivity index (χ0v) is 16.6. The van der Waals surface area contributed by atoms with Gasteiger partial charge in [0.15, 0.2) is 0 Å². The lowest BCUT2D eigenvalue weighted by molar-refractivity contribution is -0.143. The molecule has 1 N–H and O–H groups in total. The quantitative estimate of drug-likeness (QED) is 0.626. The van der Waals surface area contributed by atoms with Gasteiger partial charge in [-0.15, -0.1) is 0 Å². The summed E-state index contributed by atoms with van der Waals surface area (Å²) >= 11 is 3.43. The fourth-order valence-corrected chi connectivity index (χ4v) is 3.85. The Kier molecular flexibility index (Phi) is 4.96. The monoisotopic (exact) mass is 435 g/mol. The minimum atomic E-state index is -0.592. The Bertz CT molecular complexity index is 1060. The van der Waals surface area contributed by atoms with Crippen LogP contribution in [0.25, 0.3) is 10.9 Å². The zero-order valence-electron chi connectivity index (χ0n) is 15.0. The highest BCUT2D eigenvalue weighted by molar-refractivity contribution is 9.10. The van der Waals surface area contributed by atoms with E-state index >= 15 is 0 Å². The number of carbonyl (C=O) groups is 2. The Labute approximate surface area is 171 Å². The number of para-hydroxylation sites is 1. The summed E-state index contributed by atoms with van der Waals surface area (Å²) in [5, 5.41) is 3.91. The maximum absolute atomic E-state index is 13.1. The van der Waals surface area contributed by atoms with E-state index in [1.807, 2.05) is 54.6 Å². The van der Waals surface area contributed by atoms with Crippen LogP contribution in [0.1, 0.15) is 11.5 Å². The molecule has 0 aliphatic carbocycles. The molecule has 4 rings (SSSR count). The number of nitrogens with one attached hydrogen (secondary N) is 1. The molecule has 0 bridgehead atoms. The first-order valence-corrected chi connectivity index (χ1v) is 9.71. The van der Waals surface area contributed by atoms with Gasteiger partial charge in [0, 0.05) is 28.5 Å². The Morgan fingerprint density at radius 1 is 1.14 bits per heavy atom. The molecular weight excluding hydrogens is 418 g/mol. The van der Waals surface area contributed by atoms with Crippen molar-refractivity contribution in [2.24, 2.45) is 0 Å². The van der Waals surface area contributed by atoms with Crippen molar-refractivity contribution in [3.8, 4) is 0 Å². The predicted octanol–water partition coefficient (Wildman–Crippen LogP) is 4.12. The first-order valence-electron chi connectivity index (χ1n) is 8.91. The number of likely N-dealkylation sites (tertiary alicyclic amines) is 1. The van der Waals surface area contributed by atoms with E-state index in [9.17, 15) is 9.59 Å². The van der Waals surface area contributed by atoms with Crippen molar-refractivity contribution in [1.29, 1.82) is 0 Å². The molecule has 2 heterocycles. The zero-order chi connectivity index (χ0) is 19.7. The molecule has 3 aromatic rings. The summed E-state index contributed by atoms with van der Waals surface area (Å²) in [5.74, 6) is -0.544. The molecule has 5 nitrogen and oxygen atoms in total. The van der Waals surface area contributed by atoms with Crippen LogP contribution in [-0.4, -0.2) is 34.3 Å². The predicted molar refractivity (Wildman–Crippen MR) is 113 cm³/mol. The van der Waals surface area contributed by atoms with Gasteiger partial charge in [-0.05, 0) is 35.9 Å². The summed E-state index contributed by atoms with van der Waals surface area (Å²) in [6.07, 6.45) is 2.94. The van der Waals surface area contributed by atoms with E-state index in [2.05, 4.69) is 32.8 Å². The second-order valence-corrected chi connectivity index (χ2v) is 7.58. The van der Waals surface area contributed by atoms with Gasteiger partial charge >= 0.3 is 0 Å². The summed E-state index contributed by atoms with van der Waals surface area (Å²) in [6.45, 7) is 4.04. The van der Waals surface area contributed by atoms with Crippen LogP contribution < -0.4 is 5.32 Å². The number of rotatable bonds is 4. The summed E-state index contributed by atoms with van der Waals surface area (Å²) in [4.78, 5) is 31.3. The number of carbonyl (C=O) groups excluding carboxylic acids is 2. The van der Waals surface area contributed by atoms with E-state index < -0.39 is 6.04 Å². The number of hydrogen-bond donors (Lipinski definition) is 1. The van der Waals surface area contributed by atoms with Crippen LogP contribution in [0.15, 0.2) is 77.9 Å². The number of benzene rings is 2. The number of fused-ring (bicyclic) bond motifs is 1. The summed E-state index contributed by atoms with van der Waals surface area (Å²) in [6, 6.07) is 16.7. The minimum absolute atomic E-state index is 0.0695. The van der Waals surface area contributed by atoms with Crippen molar-refractivity contribution in [2.75, 3.05) is 11.9 Å². The third-order valence-corrected chi connectivity index (χ3v) is 5.55. The number of aromatic nitrogens is 1. The highest BCUT2D eigenvalue weighted by atomic mass is 79.9. The molecule has 2 amide bonds. The molecule has 0 radical (unpaired) electrons. The smallest absolute Gasteiger partial charge is 0.247 e. The summed E-state index contributed by atoms with van der Waals surface area (Å²) < 4.78 is 0.970. The number of halogens is 1. The van der Waals surface area contributed by atoms with Crippen LogP contribution >= 0.6 is 15.9 Å².